The van der Waals surface area contributed by atoms with E-state index in [1.165, 1.54) is 12.1 Å². The molecule has 1 aromatic rings. The molecule has 1 aliphatic rings. The molecule has 0 aromatic heterocycles. The Bertz CT molecular complexity index is 476. The number of hydrogen-bond donors (Lipinski definition) is 3. The molecule has 0 spiro atoms. The zero-order valence-electron chi connectivity index (χ0n) is 10.4. The average Bonchev–Trinajstić information content (AvgIpc) is 2.74. The van der Waals surface area contributed by atoms with Crippen molar-refractivity contribution in [3.05, 3.63) is 28.5 Å². The number of amides is 1. The standard InChI is InChI=1S/C13H16BrFN2O2/c14-9-3-4-11(10(15)7-9)16-17-12(18)8-13(19)5-1-2-6-13/h3-4,7,16,19H,1-2,5-6,8H2,(H,17,18). The first-order chi connectivity index (χ1) is 8.98. The topological polar surface area (TPSA) is 61.4 Å². The van der Waals surface area contributed by atoms with Gasteiger partial charge in [-0.1, -0.05) is 28.8 Å². The first kappa shape index (κ1) is 14.3. The van der Waals surface area contributed by atoms with E-state index in [9.17, 15) is 14.3 Å². The average molecular weight is 331 g/mol. The lowest BCUT2D eigenvalue weighted by molar-refractivity contribution is -0.125. The lowest BCUT2D eigenvalue weighted by Gasteiger charge is -2.21. The number of benzene rings is 1. The number of carbonyl (C=O) groups excluding carboxylic acids is 1. The second-order valence-corrected chi connectivity index (χ2v) is 5.82. The third kappa shape index (κ3) is 3.91. The van der Waals surface area contributed by atoms with Crippen molar-refractivity contribution in [1.29, 1.82) is 0 Å². The Labute approximate surface area is 119 Å². The summed E-state index contributed by atoms with van der Waals surface area (Å²) in [5.41, 5.74) is 4.22. The smallest absolute Gasteiger partial charge is 0.241 e. The SMILES string of the molecule is O=C(CC1(O)CCCC1)NNc1ccc(Br)cc1F. The van der Waals surface area contributed by atoms with Gasteiger partial charge in [0.2, 0.25) is 5.91 Å². The van der Waals surface area contributed by atoms with Crippen molar-refractivity contribution in [2.45, 2.75) is 37.7 Å². The maximum atomic E-state index is 13.5. The van der Waals surface area contributed by atoms with Gasteiger partial charge in [-0.2, -0.15) is 0 Å². The number of aliphatic hydroxyl groups is 1. The van der Waals surface area contributed by atoms with Crippen molar-refractivity contribution >= 4 is 27.5 Å². The number of rotatable bonds is 4. The van der Waals surface area contributed by atoms with Gasteiger partial charge in [-0.05, 0) is 31.0 Å². The summed E-state index contributed by atoms with van der Waals surface area (Å²) < 4.78 is 14.1. The van der Waals surface area contributed by atoms with E-state index in [1.807, 2.05) is 0 Å². The van der Waals surface area contributed by atoms with Gasteiger partial charge in [-0.15, -0.1) is 0 Å². The lowest BCUT2D eigenvalue weighted by atomic mass is 9.98. The van der Waals surface area contributed by atoms with Gasteiger partial charge in [0.15, 0.2) is 0 Å². The van der Waals surface area contributed by atoms with Crippen LogP contribution in [-0.4, -0.2) is 16.6 Å². The highest BCUT2D eigenvalue weighted by molar-refractivity contribution is 9.10. The molecule has 1 saturated carbocycles. The number of anilines is 1. The van der Waals surface area contributed by atoms with E-state index < -0.39 is 11.4 Å². The van der Waals surface area contributed by atoms with Crippen molar-refractivity contribution in [3.63, 3.8) is 0 Å². The Morgan fingerprint density at radius 3 is 2.74 bits per heavy atom. The third-order valence-electron chi connectivity index (χ3n) is 3.29. The molecule has 1 aliphatic carbocycles. The molecule has 0 saturated heterocycles. The van der Waals surface area contributed by atoms with Gasteiger partial charge in [-0.3, -0.25) is 15.6 Å². The van der Waals surface area contributed by atoms with Crippen molar-refractivity contribution in [2.75, 3.05) is 5.43 Å². The van der Waals surface area contributed by atoms with Crippen LogP contribution in [0.3, 0.4) is 0 Å². The van der Waals surface area contributed by atoms with Crippen LogP contribution < -0.4 is 10.9 Å². The molecule has 1 amide bonds. The van der Waals surface area contributed by atoms with E-state index in [1.54, 1.807) is 6.07 Å². The quantitative estimate of drug-likeness (QED) is 0.744. The number of hydrazine groups is 1. The highest BCUT2D eigenvalue weighted by Crippen LogP contribution is 2.32. The summed E-state index contributed by atoms with van der Waals surface area (Å²) in [5, 5.41) is 10.1. The summed E-state index contributed by atoms with van der Waals surface area (Å²) in [5.74, 6) is -0.805. The van der Waals surface area contributed by atoms with E-state index in [0.717, 1.165) is 12.8 Å². The van der Waals surface area contributed by atoms with Crippen molar-refractivity contribution in [2.24, 2.45) is 0 Å². The van der Waals surface area contributed by atoms with Crippen LogP contribution in [0.5, 0.6) is 0 Å². The lowest BCUT2D eigenvalue weighted by Crippen LogP contribution is -2.37. The maximum absolute atomic E-state index is 13.5. The molecule has 0 aliphatic heterocycles. The summed E-state index contributed by atoms with van der Waals surface area (Å²) in [7, 11) is 0. The number of carbonyl (C=O) groups is 1. The zero-order chi connectivity index (χ0) is 13.9. The van der Waals surface area contributed by atoms with Gasteiger partial charge in [0, 0.05) is 4.47 Å². The summed E-state index contributed by atoms with van der Waals surface area (Å²) in [6, 6.07) is 4.49. The van der Waals surface area contributed by atoms with Crippen LogP contribution in [0.25, 0.3) is 0 Å². The van der Waals surface area contributed by atoms with E-state index in [2.05, 4.69) is 26.8 Å². The Morgan fingerprint density at radius 2 is 2.11 bits per heavy atom. The monoisotopic (exact) mass is 330 g/mol. The highest BCUT2D eigenvalue weighted by Gasteiger charge is 2.33. The Balaban J connectivity index is 1.86. The zero-order valence-corrected chi connectivity index (χ0v) is 12.0. The predicted molar refractivity (Wildman–Crippen MR) is 73.9 cm³/mol. The molecule has 1 aromatic carbocycles. The van der Waals surface area contributed by atoms with E-state index in [-0.39, 0.29) is 18.0 Å². The summed E-state index contributed by atoms with van der Waals surface area (Å²) in [6.07, 6.45) is 3.22. The Kier molecular flexibility index (Phi) is 4.42. The molecule has 1 fully saturated rings. The first-order valence-corrected chi connectivity index (χ1v) is 7.00. The van der Waals surface area contributed by atoms with Crippen LogP contribution in [-0.2, 0) is 4.79 Å². The van der Waals surface area contributed by atoms with Crippen LogP contribution in [0.4, 0.5) is 10.1 Å². The molecule has 4 nitrogen and oxygen atoms in total. The van der Waals surface area contributed by atoms with Gasteiger partial charge in [-0.25, -0.2) is 4.39 Å². The second kappa shape index (κ2) is 5.88. The van der Waals surface area contributed by atoms with E-state index in [4.69, 9.17) is 0 Å². The molecule has 0 unspecified atom stereocenters. The molecule has 0 atom stereocenters. The second-order valence-electron chi connectivity index (χ2n) is 4.91. The summed E-state index contributed by atoms with van der Waals surface area (Å²) in [4.78, 5) is 11.7. The van der Waals surface area contributed by atoms with E-state index in [0.29, 0.717) is 17.3 Å². The van der Waals surface area contributed by atoms with Gasteiger partial charge in [0.1, 0.15) is 5.82 Å². The van der Waals surface area contributed by atoms with Crippen LogP contribution >= 0.6 is 15.9 Å². The number of hydrogen-bond acceptors (Lipinski definition) is 3. The molecule has 3 N–H and O–H groups in total. The summed E-state index contributed by atoms with van der Waals surface area (Å²) >= 11 is 3.15. The van der Waals surface area contributed by atoms with Crippen molar-refractivity contribution in [1.82, 2.24) is 5.43 Å². The van der Waals surface area contributed by atoms with Gasteiger partial charge >= 0.3 is 0 Å². The molecule has 0 heterocycles. The molecular weight excluding hydrogens is 315 g/mol. The fraction of sp³-hybridized carbons (Fsp3) is 0.462. The van der Waals surface area contributed by atoms with Gasteiger partial charge < -0.3 is 5.11 Å². The highest BCUT2D eigenvalue weighted by atomic mass is 79.9. The fourth-order valence-electron chi connectivity index (χ4n) is 2.28. The van der Waals surface area contributed by atoms with Crippen molar-refractivity contribution < 1.29 is 14.3 Å². The van der Waals surface area contributed by atoms with Gasteiger partial charge in [0.25, 0.3) is 0 Å². The molecular formula is C13H16BrFN2O2. The predicted octanol–water partition coefficient (Wildman–Crippen LogP) is 2.73. The van der Waals surface area contributed by atoms with Gasteiger partial charge in [0.05, 0.1) is 17.7 Å². The molecule has 19 heavy (non-hydrogen) atoms. The largest absolute Gasteiger partial charge is 0.389 e. The molecule has 0 bridgehead atoms. The van der Waals surface area contributed by atoms with Crippen molar-refractivity contribution in [3.8, 4) is 0 Å². The molecule has 6 heteroatoms. The normalized spacial score (nSPS) is 17.2. The molecule has 104 valence electrons. The minimum absolute atomic E-state index is 0.0398. The Morgan fingerprint density at radius 1 is 1.42 bits per heavy atom. The minimum Gasteiger partial charge on any atom is -0.389 e. The van der Waals surface area contributed by atoms with Crippen LogP contribution in [0.15, 0.2) is 22.7 Å². The third-order valence-corrected chi connectivity index (χ3v) is 3.78. The fourth-order valence-corrected chi connectivity index (χ4v) is 2.61. The molecule has 2 rings (SSSR count). The number of halogens is 2. The molecule has 0 radical (unpaired) electrons. The minimum atomic E-state index is -0.899. The van der Waals surface area contributed by atoms with Crippen LogP contribution in [0.2, 0.25) is 0 Å². The first-order valence-electron chi connectivity index (χ1n) is 6.21. The summed E-state index contributed by atoms with van der Waals surface area (Å²) in [6.45, 7) is 0. The van der Waals surface area contributed by atoms with E-state index >= 15 is 0 Å². The number of nitrogens with one attached hydrogen (secondary N) is 2. The van der Waals surface area contributed by atoms with Crippen LogP contribution in [0.1, 0.15) is 32.1 Å². The van der Waals surface area contributed by atoms with Crippen LogP contribution in [0, 0.1) is 5.82 Å². The Hall–Kier alpha value is -1.14. The maximum Gasteiger partial charge on any atom is 0.241 e.